The molecule has 3 aromatic rings. The Morgan fingerprint density at radius 2 is 2.07 bits per heavy atom. The van der Waals surface area contributed by atoms with E-state index in [1.54, 1.807) is 23.3 Å². The maximum absolute atomic E-state index is 14.3. The summed E-state index contributed by atoms with van der Waals surface area (Å²) >= 11 is 0. The van der Waals surface area contributed by atoms with Gasteiger partial charge in [0.25, 0.3) is 5.56 Å². The fraction of sp³-hybridized carbons (Fsp3) is 0.250. The van der Waals surface area contributed by atoms with Crippen molar-refractivity contribution in [2.24, 2.45) is 10.9 Å². The summed E-state index contributed by atoms with van der Waals surface area (Å²) in [4.78, 5) is 24.4. The summed E-state index contributed by atoms with van der Waals surface area (Å²) in [6.45, 7) is 1.01. The molecule has 1 fully saturated rings. The molecule has 7 heteroatoms. The Morgan fingerprint density at radius 3 is 2.89 bits per heavy atom. The quantitative estimate of drug-likeness (QED) is 0.769. The van der Waals surface area contributed by atoms with Gasteiger partial charge in [0.1, 0.15) is 11.0 Å². The molecular formula is C20H16F2N4O. The van der Waals surface area contributed by atoms with Crippen LogP contribution in [0.3, 0.4) is 0 Å². The summed E-state index contributed by atoms with van der Waals surface area (Å²) in [6, 6.07) is 4.07. The number of aliphatic imine (C=N–C) groups is 1. The van der Waals surface area contributed by atoms with E-state index in [0.717, 1.165) is 24.5 Å². The van der Waals surface area contributed by atoms with E-state index in [-0.39, 0.29) is 11.1 Å². The second kappa shape index (κ2) is 5.97. The third-order valence-electron chi connectivity index (χ3n) is 5.17. The van der Waals surface area contributed by atoms with Crippen LogP contribution in [0.15, 0.2) is 40.5 Å². The molecule has 0 spiro atoms. The van der Waals surface area contributed by atoms with Crippen molar-refractivity contribution in [1.29, 1.82) is 0 Å². The van der Waals surface area contributed by atoms with E-state index in [0.29, 0.717) is 41.2 Å². The van der Waals surface area contributed by atoms with Gasteiger partial charge in [0.05, 0.1) is 12.9 Å². The monoisotopic (exact) mass is 366 g/mol. The molecule has 2 aromatic heterocycles. The van der Waals surface area contributed by atoms with Gasteiger partial charge >= 0.3 is 0 Å². The van der Waals surface area contributed by atoms with Crippen molar-refractivity contribution < 1.29 is 8.78 Å². The third kappa shape index (κ3) is 2.61. The summed E-state index contributed by atoms with van der Waals surface area (Å²) in [6.07, 6.45) is 7.10. The molecule has 1 N–H and O–H groups in total. The van der Waals surface area contributed by atoms with Crippen LogP contribution in [0.1, 0.15) is 24.0 Å². The minimum atomic E-state index is -0.905. The van der Waals surface area contributed by atoms with Crippen molar-refractivity contribution in [3.8, 4) is 0 Å². The number of nitrogens with zero attached hydrogens (tertiary/aromatic N) is 3. The lowest BCUT2D eigenvalue weighted by Gasteiger charge is -2.08. The molecule has 27 heavy (non-hydrogen) atoms. The number of nitrogens with one attached hydrogen (secondary N) is 1. The van der Waals surface area contributed by atoms with Gasteiger partial charge in [-0.1, -0.05) is 12.1 Å². The van der Waals surface area contributed by atoms with Crippen LogP contribution in [0.25, 0.3) is 22.2 Å². The number of halogens is 2. The highest BCUT2D eigenvalue weighted by molar-refractivity contribution is 6.23. The van der Waals surface area contributed by atoms with E-state index in [2.05, 4.69) is 15.0 Å². The van der Waals surface area contributed by atoms with Crippen molar-refractivity contribution >= 4 is 28.4 Å². The number of H-pyrrole nitrogens is 1. The molecule has 1 aliphatic carbocycles. The van der Waals surface area contributed by atoms with E-state index in [9.17, 15) is 13.6 Å². The lowest BCUT2D eigenvalue weighted by molar-refractivity contribution is 0.507. The predicted molar refractivity (Wildman–Crippen MR) is 99.6 cm³/mol. The topological polar surface area (TPSA) is 63.0 Å². The zero-order chi connectivity index (χ0) is 18.5. The molecule has 5 nitrogen and oxygen atoms in total. The Bertz CT molecular complexity index is 1180. The second-order valence-electron chi connectivity index (χ2n) is 7.03. The Kier molecular flexibility index (Phi) is 3.56. The molecule has 3 heterocycles. The van der Waals surface area contributed by atoms with Crippen LogP contribution in [0.5, 0.6) is 0 Å². The molecule has 0 amide bonds. The van der Waals surface area contributed by atoms with Gasteiger partial charge in [-0.3, -0.25) is 14.4 Å². The maximum Gasteiger partial charge on any atom is 0.277 e. The van der Waals surface area contributed by atoms with Crippen LogP contribution in [0.2, 0.25) is 0 Å². The highest BCUT2D eigenvalue weighted by Crippen LogP contribution is 2.34. The first-order valence-electron chi connectivity index (χ1n) is 8.87. The van der Waals surface area contributed by atoms with Gasteiger partial charge in [0.15, 0.2) is 11.6 Å². The number of hydrogen-bond acceptors (Lipinski definition) is 3. The fourth-order valence-electron chi connectivity index (χ4n) is 3.54. The fourth-order valence-corrected chi connectivity index (χ4v) is 3.54. The molecule has 2 aliphatic rings. The van der Waals surface area contributed by atoms with Crippen LogP contribution < -0.4 is 5.56 Å². The first-order chi connectivity index (χ1) is 13.1. The molecule has 0 saturated heterocycles. The zero-order valence-electron chi connectivity index (χ0n) is 14.4. The largest absolute Gasteiger partial charge is 0.355 e. The minimum absolute atomic E-state index is 0.115. The molecule has 1 aliphatic heterocycles. The number of fused-ring (bicyclic) bond motifs is 1. The van der Waals surface area contributed by atoms with Crippen molar-refractivity contribution in [3.05, 3.63) is 63.8 Å². The zero-order valence-corrected chi connectivity index (χ0v) is 14.4. The smallest absolute Gasteiger partial charge is 0.277 e. The normalized spacial score (nSPS) is 16.7. The lowest BCUT2D eigenvalue weighted by atomic mass is 9.97. The Labute approximate surface area is 153 Å². The second-order valence-corrected chi connectivity index (χ2v) is 7.03. The summed E-state index contributed by atoms with van der Waals surface area (Å²) in [5, 5.41) is 0. The Morgan fingerprint density at radius 1 is 1.22 bits per heavy atom. The van der Waals surface area contributed by atoms with Crippen LogP contribution in [-0.4, -0.2) is 27.3 Å². The lowest BCUT2D eigenvalue weighted by Crippen LogP contribution is -2.21. The molecule has 0 bridgehead atoms. The summed E-state index contributed by atoms with van der Waals surface area (Å²) in [5.41, 5.74) is 2.92. The highest BCUT2D eigenvalue weighted by Gasteiger charge is 2.25. The van der Waals surface area contributed by atoms with Crippen molar-refractivity contribution in [1.82, 2.24) is 14.5 Å². The Hall–Kier alpha value is -3.09. The van der Waals surface area contributed by atoms with Crippen molar-refractivity contribution in [2.45, 2.75) is 19.4 Å². The van der Waals surface area contributed by atoms with Gasteiger partial charge < -0.3 is 4.98 Å². The molecule has 0 radical (unpaired) electrons. The van der Waals surface area contributed by atoms with Gasteiger partial charge in [0, 0.05) is 35.7 Å². The highest BCUT2D eigenvalue weighted by atomic mass is 19.2. The molecule has 0 unspecified atom stereocenters. The first kappa shape index (κ1) is 16.1. The average Bonchev–Trinajstić information content (AvgIpc) is 3.17. The number of aromatic nitrogens is 3. The van der Waals surface area contributed by atoms with Crippen molar-refractivity contribution in [3.63, 3.8) is 0 Å². The molecule has 136 valence electrons. The summed E-state index contributed by atoms with van der Waals surface area (Å²) in [5.74, 6) is -1.25. The first-order valence-corrected chi connectivity index (χ1v) is 8.87. The van der Waals surface area contributed by atoms with E-state index in [4.69, 9.17) is 0 Å². The predicted octanol–water partition coefficient (Wildman–Crippen LogP) is 3.41. The number of hydrogen-bond donors (Lipinski definition) is 1. The number of aromatic amines is 1. The van der Waals surface area contributed by atoms with Crippen LogP contribution in [0, 0.1) is 17.6 Å². The van der Waals surface area contributed by atoms with E-state index in [1.807, 2.05) is 0 Å². The van der Waals surface area contributed by atoms with Crippen molar-refractivity contribution in [2.75, 3.05) is 6.54 Å². The third-order valence-corrected chi connectivity index (χ3v) is 5.17. The van der Waals surface area contributed by atoms with E-state index in [1.165, 1.54) is 12.1 Å². The van der Waals surface area contributed by atoms with Gasteiger partial charge in [-0.15, -0.1) is 0 Å². The van der Waals surface area contributed by atoms with E-state index >= 15 is 0 Å². The van der Waals surface area contributed by atoms with Crippen LogP contribution in [-0.2, 0) is 6.54 Å². The summed E-state index contributed by atoms with van der Waals surface area (Å²) in [7, 11) is 0. The average molecular weight is 366 g/mol. The standard InChI is InChI=1S/C20H16F2N4O/c21-16-3-1-2-12(17(16)22)13-6-23-7-14(13)15-8-24-19-18(15)25-10-26(20(19)27)9-11-4-5-11/h1-3,6,8,10-11,24H,4-5,7,9H2. The number of rotatable bonds is 4. The SMILES string of the molecule is O=c1c2[nH]cc(C3=C(c4cccc(F)c4F)C=NC3)c2ncn1CC1CC1. The van der Waals surface area contributed by atoms with Crippen LogP contribution in [0.4, 0.5) is 8.78 Å². The maximum atomic E-state index is 14.3. The van der Waals surface area contributed by atoms with E-state index < -0.39 is 11.6 Å². The van der Waals surface area contributed by atoms with Gasteiger partial charge in [-0.05, 0) is 30.4 Å². The Balaban J connectivity index is 1.65. The number of allylic oxidation sites excluding steroid dienone is 1. The van der Waals surface area contributed by atoms with Gasteiger partial charge in [-0.2, -0.15) is 0 Å². The number of benzene rings is 1. The molecule has 0 atom stereocenters. The summed E-state index contributed by atoms with van der Waals surface area (Å²) < 4.78 is 29.6. The molecular weight excluding hydrogens is 350 g/mol. The molecule has 5 rings (SSSR count). The minimum Gasteiger partial charge on any atom is -0.355 e. The van der Waals surface area contributed by atoms with Crippen LogP contribution >= 0.6 is 0 Å². The van der Waals surface area contributed by atoms with Gasteiger partial charge in [0.2, 0.25) is 0 Å². The molecule has 1 aromatic carbocycles. The van der Waals surface area contributed by atoms with Gasteiger partial charge in [-0.25, -0.2) is 13.8 Å². The molecule has 1 saturated carbocycles.